The van der Waals surface area contributed by atoms with Gasteiger partial charge in [-0.05, 0) is 12.1 Å². The van der Waals surface area contributed by atoms with Crippen molar-refractivity contribution < 1.29 is 4.74 Å². The first-order valence-corrected chi connectivity index (χ1v) is 2.52. The second-order valence-electron chi connectivity index (χ2n) is 1.52. The molecule has 1 aromatic carbocycles. The Balaban J connectivity index is 0.000000640. The lowest BCUT2D eigenvalue weighted by Crippen LogP contribution is -1.78. The normalized spacial score (nSPS) is 7.67. The van der Waals surface area contributed by atoms with Gasteiger partial charge in [-0.3, -0.25) is 0 Å². The lowest BCUT2D eigenvalue weighted by Gasteiger charge is -1.93. The fraction of sp³-hybridized carbons (Fsp3) is 0.143. The highest BCUT2D eigenvalue weighted by atomic mass is 31.0. The van der Waals surface area contributed by atoms with E-state index < -0.39 is 0 Å². The number of hydrogen-bond acceptors (Lipinski definition) is 1. The van der Waals surface area contributed by atoms with Crippen molar-refractivity contribution in [2.24, 2.45) is 0 Å². The van der Waals surface area contributed by atoms with Crippen LogP contribution in [0.25, 0.3) is 0 Å². The van der Waals surface area contributed by atoms with Crippen LogP contribution in [0.2, 0.25) is 0 Å². The number of hydrogen-bond donors (Lipinski definition) is 0. The van der Waals surface area contributed by atoms with Gasteiger partial charge in [-0.2, -0.15) is 9.90 Å². The summed E-state index contributed by atoms with van der Waals surface area (Å²) in [6, 6.07) is 9.68. The molecule has 0 radical (unpaired) electrons. The average Bonchev–Trinajstić information content (AvgIpc) is 1.90. The van der Waals surface area contributed by atoms with Gasteiger partial charge in [0.05, 0.1) is 7.11 Å². The van der Waals surface area contributed by atoms with Crippen LogP contribution in [0, 0.1) is 0 Å². The van der Waals surface area contributed by atoms with Crippen LogP contribution < -0.4 is 4.74 Å². The molecule has 0 aliphatic rings. The van der Waals surface area contributed by atoms with Crippen LogP contribution in [0.4, 0.5) is 0 Å². The van der Waals surface area contributed by atoms with Gasteiger partial charge in [0.2, 0.25) is 0 Å². The maximum atomic E-state index is 4.91. The van der Waals surface area contributed by atoms with Crippen LogP contribution in [0.5, 0.6) is 5.75 Å². The summed E-state index contributed by atoms with van der Waals surface area (Å²) in [6.45, 7) is 0. The molecule has 1 rings (SSSR count). The molecular weight excluding hydrogens is 131 g/mol. The average molecular weight is 142 g/mol. The van der Waals surface area contributed by atoms with E-state index in [9.17, 15) is 0 Å². The Morgan fingerprint density at radius 2 is 1.67 bits per heavy atom. The minimum Gasteiger partial charge on any atom is -0.497 e. The van der Waals surface area contributed by atoms with Crippen molar-refractivity contribution in [2.75, 3.05) is 7.11 Å². The van der Waals surface area contributed by atoms with Crippen molar-refractivity contribution in [2.45, 2.75) is 0 Å². The number of para-hydroxylation sites is 1. The van der Waals surface area contributed by atoms with Crippen LogP contribution >= 0.6 is 9.90 Å². The maximum absolute atomic E-state index is 4.91. The summed E-state index contributed by atoms with van der Waals surface area (Å²) in [5.41, 5.74) is 0. The van der Waals surface area contributed by atoms with E-state index in [1.807, 2.05) is 30.3 Å². The lowest BCUT2D eigenvalue weighted by atomic mass is 10.3. The molecule has 0 amide bonds. The number of benzene rings is 1. The maximum Gasteiger partial charge on any atom is 0.118 e. The van der Waals surface area contributed by atoms with Crippen LogP contribution in [0.15, 0.2) is 30.3 Å². The highest BCUT2D eigenvalue weighted by molar-refractivity contribution is 6.92. The summed E-state index contributed by atoms with van der Waals surface area (Å²) in [5.74, 6) is 0.910. The van der Waals surface area contributed by atoms with E-state index in [0.717, 1.165) is 5.75 Å². The van der Waals surface area contributed by atoms with Crippen molar-refractivity contribution in [3.05, 3.63) is 30.3 Å². The predicted octanol–water partition coefficient (Wildman–Crippen LogP) is 1.75. The molecule has 0 aliphatic carbocycles. The van der Waals surface area contributed by atoms with E-state index in [1.54, 1.807) is 7.11 Å². The van der Waals surface area contributed by atoms with Gasteiger partial charge >= 0.3 is 0 Å². The standard InChI is InChI=1S/C7H8O.H3P/c1-8-7-5-3-2-4-6-7;/h2-6H,1H3;1H3. The van der Waals surface area contributed by atoms with E-state index >= 15 is 0 Å². The first-order chi connectivity index (χ1) is 3.93. The smallest absolute Gasteiger partial charge is 0.118 e. The van der Waals surface area contributed by atoms with Gasteiger partial charge in [0, 0.05) is 0 Å². The molecule has 1 atom stereocenters. The number of ether oxygens (including phenoxy) is 1. The molecule has 0 saturated heterocycles. The molecule has 1 unspecified atom stereocenters. The van der Waals surface area contributed by atoms with Crippen molar-refractivity contribution in [1.82, 2.24) is 0 Å². The van der Waals surface area contributed by atoms with E-state index in [4.69, 9.17) is 4.74 Å². The molecule has 0 spiro atoms. The zero-order valence-electron chi connectivity index (χ0n) is 5.50. The minimum atomic E-state index is 0. The van der Waals surface area contributed by atoms with Gasteiger partial charge < -0.3 is 4.74 Å². The molecule has 0 N–H and O–H groups in total. The van der Waals surface area contributed by atoms with Crippen molar-refractivity contribution in [3.8, 4) is 5.75 Å². The molecule has 0 fully saturated rings. The van der Waals surface area contributed by atoms with Crippen LogP contribution in [0.3, 0.4) is 0 Å². The molecule has 2 heteroatoms. The fourth-order valence-electron chi connectivity index (χ4n) is 0.557. The van der Waals surface area contributed by atoms with Gasteiger partial charge in [-0.25, -0.2) is 0 Å². The van der Waals surface area contributed by atoms with E-state index in [2.05, 4.69) is 0 Å². The van der Waals surface area contributed by atoms with E-state index in [0.29, 0.717) is 0 Å². The third-order valence-corrected chi connectivity index (χ3v) is 0.979. The van der Waals surface area contributed by atoms with Crippen LogP contribution in [0.1, 0.15) is 0 Å². The molecule has 0 saturated carbocycles. The second-order valence-corrected chi connectivity index (χ2v) is 1.52. The largest absolute Gasteiger partial charge is 0.497 e. The lowest BCUT2D eigenvalue weighted by molar-refractivity contribution is 0.415. The topological polar surface area (TPSA) is 9.23 Å². The Morgan fingerprint density at radius 1 is 1.11 bits per heavy atom. The van der Waals surface area contributed by atoms with Crippen molar-refractivity contribution in [1.29, 1.82) is 0 Å². The molecule has 1 aromatic rings. The number of methoxy groups -OCH3 is 1. The second kappa shape index (κ2) is 4.34. The fourth-order valence-corrected chi connectivity index (χ4v) is 0.557. The van der Waals surface area contributed by atoms with Crippen LogP contribution in [-0.4, -0.2) is 7.11 Å². The van der Waals surface area contributed by atoms with Gasteiger partial charge in [-0.1, -0.05) is 18.2 Å². The third-order valence-electron chi connectivity index (χ3n) is 0.979. The zero-order chi connectivity index (χ0) is 5.82. The molecule has 0 aromatic heterocycles. The Morgan fingerprint density at radius 3 is 2.00 bits per heavy atom. The first-order valence-electron chi connectivity index (χ1n) is 2.52. The summed E-state index contributed by atoms with van der Waals surface area (Å²) in [7, 11) is 1.66. The number of rotatable bonds is 1. The van der Waals surface area contributed by atoms with Gasteiger partial charge in [0.1, 0.15) is 5.75 Å². The SMILES string of the molecule is COc1ccccc1.P. The highest BCUT2D eigenvalue weighted by Crippen LogP contribution is 2.05. The molecule has 50 valence electrons. The molecule has 1 nitrogen and oxygen atoms in total. The summed E-state index contributed by atoms with van der Waals surface area (Å²) in [5, 5.41) is 0. The van der Waals surface area contributed by atoms with E-state index in [1.165, 1.54) is 0 Å². The highest BCUT2D eigenvalue weighted by Gasteiger charge is 1.80. The predicted molar refractivity (Wildman–Crippen MR) is 44.1 cm³/mol. The van der Waals surface area contributed by atoms with Crippen molar-refractivity contribution >= 4 is 9.90 Å². The third kappa shape index (κ3) is 2.48. The Kier molecular flexibility index (Phi) is 4.08. The summed E-state index contributed by atoms with van der Waals surface area (Å²) >= 11 is 0. The van der Waals surface area contributed by atoms with Gasteiger partial charge in [0.15, 0.2) is 0 Å². The quantitative estimate of drug-likeness (QED) is 0.543. The molecular formula is C7H11OP. The molecule has 0 heterocycles. The monoisotopic (exact) mass is 142 g/mol. The summed E-state index contributed by atoms with van der Waals surface area (Å²) in [4.78, 5) is 0. The summed E-state index contributed by atoms with van der Waals surface area (Å²) < 4.78 is 4.91. The van der Waals surface area contributed by atoms with Gasteiger partial charge in [-0.15, -0.1) is 0 Å². The minimum absolute atomic E-state index is 0. The molecule has 0 bridgehead atoms. The first kappa shape index (κ1) is 8.45. The van der Waals surface area contributed by atoms with Crippen LogP contribution in [-0.2, 0) is 0 Å². The zero-order valence-corrected chi connectivity index (χ0v) is 6.92. The summed E-state index contributed by atoms with van der Waals surface area (Å²) in [6.07, 6.45) is 0. The Labute approximate surface area is 58.7 Å². The van der Waals surface area contributed by atoms with Gasteiger partial charge in [0.25, 0.3) is 0 Å². The van der Waals surface area contributed by atoms with E-state index in [-0.39, 0.29) is 9.90 Å². The molecule has 9 heavy (non-hydrogen) atoms. The van der Waals surface area contributed by atoms with Crippen molar-refractivity contribution in [3.63, 3.8) is 0 Å². The Hall–Kier alpha value is -0.550. The molecule has 0 aliphatic heterocycles. The Bertz CT molecular complexity index is 150.